The van der Waals surface area contributed by atoms with Crippen LogP contribution in [0, 0.1) is 17.8 Å². The Morgan fingerprint density at radius 2 is 1.97 bits per heavy atom. The second kappa shape index (κ2) is 10.2. The number of carbonyl (C=O) groups is 2. The lowest BCUT2D eigenvalue weighted by Gasteiger charge is -2.37. The van der Waals surface area contributed by atoms with E-state index in [1.165, 1.54) is 6.20 Å². The zero-order valence-corrected chi connectivity index (χ0v) is 19.4. The van der Waals surface area contributed by atoms with Crippen LogP contribution in [0.3, 0.4) is 0 Å². The van der Waals surface area contributed by atoms with Crippen LogP contribution in [0.15, 0.2) is 42.7 Å². The fourth-order valence-electron chi connectivity index (χ4n) is 4.61. The second-order valence-corrected chi connectivity index (χ2v) is 9.33. The molecule has 176 valence electrons. The van der Waals surface area contributed by atoms with Gasteiger partial charge in [0.25, 0.3) is 0 Å². The highest BCUT2D eigenvalue weighted by Crippen LogP contribution is 2.36. The molecule has 0 amide bonds. The van der Waals surface area contributed by atoms with Gasteiger partial charge >= 0.3 is 11.9 Å². The number of hydrogen-bond acceptors (Lipinski definition) is 7. The fraction of sp³-hybridized carbons (Fsp3) is 0.500. The van der Waals surface area contributed by atoms with Crippen LogP contribution in [0.2, 0.25) is 0 Å². The van der Waals surface area contributed by atoms with Crippen LogP contribution >= 0.6 is 0 Å². The first-order valence-electron chi connectivity index (χ1n) is 11.6. The van der Waals surface area contributed by atoms with Crippen molar-refractivity contribution in [3.05, 3.63) is 53.9 Å². The van der Waals surface area contributed by atoms with Crippen molar-refractivity contribution < 1.29 is 28.5 Å². The van der Waals surface area contributed by atoms with Gasteiger partial charge in [0.2, 0.25) is 12.9 Å². The molecule has 1 aromatic carbocycles. The zero-order valence-electron chi connectivity index (χ0n) is 19.4. The van der Waals surface area contributed by atoms with Crippen LogP contribution in [0.25, 0.3) is 0 Å². The highest BCUT2D eigenvalue weighted by molar-refractivity contribution is 5.91. The average molecular weight is 454 g/mol. The summed E-state index contributed by atoms with van der Waals surface area (Å²) in [5.41, 5.74) is 1.07. The Hall–Kier alpha value is -3.09. The minimum Gasteiger partial charge on any atom is -0.459 e. The molecule has 1 aliphatic carbocycles. The lowest BCUT2D eigenvalue weighted by atomic mass is 9.75. The number of fused-ring (bicyclic) bond motifs is 1. The minimum atomic E-state index is -1.08. The maximum atomic E-state index is 13.3. The lowest BCUT2D eigenvalue weighted by molar-refractivity contribution is -0.166. The topological polar surface area (TPSA) is 84.0 Å². The molecule has 0 saturated heterocycles. The Morgan fingerprint density at radius 3 is 2.73 bits per heavy atom. The molecule has 2 heterocycles. The monoisotopic (exact) mass is 453 g/mol. The van der Waals surface area contributed by atoms with E-state index in [0.717, 1.165) is 24.8 Å². The van der Waals surface area contributed by atoms with Gasteiger partial charge in [0.1, 0.15) is 6.10 Å². The molecule has 7 nitrogen and oxygen atoms in total. The molecule has 1 fully saturated rings. The summed E-state index contributed by atoms with van der Waals surface area (Å²) in [5.74, 6) is 1.33. The molecule has 2 aliphatic rings. The molecule has 0 spiro atoms. The molecule has 4 unspecified atom stereocenters. The van der Waals surface area contributed by atoms with Gasteiger partial charge in [-0.05, 0) is 60.4 Å². The molecule has 1 saturated carbocycles. The maximum absolute atomic E-state index is 13.3. The number of nitrogens with zero attached hydrogens (tertiary/aromatic N) is 1. The van der Waals surface area contributed by atoms with E-state index >= 15 is 0 Å². The van der Waals surface area contributed by atoms with Crippen LogP contribution in [-0.2, 0) is 20.7 Å². The molecule has 1 aromatic heterocycles. The van der Waals surface area contributed by atoms with E-state index in [0.29, 0.717) is 29.3 Å². The quantitative estimate of drug-likeness (QED) is 0.567. The third-order valence-corrected chi connectivity index (χ3v) is 6.50. The van der Waals surface area contributed by atoms with Crippen LogP contribution in [0.1, 0.15) is 56.0 Å². The molecule has 0 N–H and O–H groups in total. The predicted octanol–water partition coefficient (Wildman–Crippen LogP) is 4.58. The van der Waals surface area contributed by atoms with Crippen molar-refractivity contribution in [3.63, 3.8) is 0 Å². The molecule has 33 heavy (non-hydrogen) atoms. The van der Waals surface area contributed by atoms with Gasteiger partial charge in [-0.15, -0.1) is 0 Å². The number of ether oxygens (including phenoxy) is 4. The molecule has 0 radical (unpaired) electrons. The van der Waals surface area contributed by atoms with Gasteiger partial charge in [0.15, 0.2) is 11.5 Å². The van der Waals surface area contributed by atoms with Gasteiger partial charge in [0.05, 0.1) is 5.56 Å². The van der Waals surface area contributed by atoms with E-state index < -0.39 is 18.0 Å². The molecule has 0 bridgehead atoms. The number of esters is 2. The van der Waals surface area contributed by atoms with E-state index in [9.17, 15) is 9.59 Å². The number of rotatable bonds is 7. The van der Waals surface area contributed by atoms with Crippen molar-refractivity contribution in [2.45, 2.75) is 58.7 Å². The standard InChI is InChI=1S/C26H31NO6/c1-16(2)20-8-6-17(3)11-22(20)32-26(29)24(33-25(28)19-5-4-10-27-14-19)13-18-7-9-21-23(12-18)31-15-30-21/h4-5,7,9-10,12,14,16-17,20,22,24H,6,8,11,13,15H2,1-3H3. The highest BCUT2D eigenvalue weighted by Gasteiger charge is 2.36. The van der Waals surface area contributed by atoms with Crippen molar-refractivity contribution in [1.82, 2.24) is 4.98 Å². The number of aromatic nitrogens is 1. The highest BCUT2D eigenvalue weighted by atomic mass is 16.7. The second-order valence-electron chi connectivity index (χ2n) is 9.33. The van der Waals surface area contributed by atoms with Crippen molar-refractivity contribution in [2.75, 3.05) is 6.79 Å². The first kappa shape index (κ1) is 23.1. The summed E-state index contributed by atoms with van der Waals surface area (Å²) < 4.78 is 22.5. The Morgan fingerprint density at radius 1 is 1.15 bits per heavy atom. The minimum absolute atomic E-state index is 0.163. The summed E-state index contributed by atoms with van der Waals surface area (Å²) >= 11 is 0. The average Bonchev–Trinajstić information content (AvgIpc) is 3.27. The first-order valence-corrected chi connectivity index (χ1v) is 11.6. The summed E-state index contributed by atoms with van der Waals surface area (Å²) in [5, 5.41) is 0. The van der Waals surface area contributed by atoms with Crippen LogP contribution in [-0.4, -0.2) is 35.9 Å². The largest absolute Gasteiger partial charge is 0.459 e. The first-order chi connectivity index (χ1) is 15.9. The third kappa shape index (κ3) is 5.64. The summed E-state index contributed by atoms with van der Waals surface area (Å²) in [4.78, 5) is 30.0. The Balaban J connectivity index is 1.53. The van der Waals surface area contributed by atoms with Crippen molar-refractivity contribution in [1.29, 1.82) is 0 Å². The molecule has 1 aliphatic heterocycles. The Labute approximate surface area is 194 Å². The summed E-state index contributed by atoms with van der Waals surface area (Å²) in [6.07, 6.45) is 4.89. The van der Waals surface area contributed by atoms with E-state index in [1.807, 2.05) is 6.07 Å². The van der Waals surface area contributed by atoms with Gasteiger partial charge in [-0.2, -0.15) is 0 Å². The van der Waals surface area contributed by atoms with Crippen molar-refractivity contribution in [3.8, 4) is 11.5 Å². The van der Waals surface area contributed by atoms with Gasteiger partial charge in [0, 0.05) is 18.8 Å². The Kier molecular flexibility index (Phi) is 7.16. The van der Waals surface area contributed by atoms with Crippen molar-refractivity contribution in [2.24, 2.45) is 17.8 Å². The summed E-state index contributed by atoms with van der Waals surface area (Å²) in [6.45, 7) is 6.67. The van der Waals surface area contributed by atoms with Gasteiger partial charge in [-0.3, -0.25) is 4.98 Å². The van der Waals surface area contributed by atoms with Crippen LogP contribution < -0.4 is 9.47 Å². The molecule has 7 heteroatoms. The number of hydrogen-bond donors (Lipinski definition) is 0. The molecular weight excluding hydrogens is 422 g/mol. The SMILES string of the molecule is CC1CCC(C(C)C)C(OC(=O)C(Cc2ccc3c(c2)OCO3)OC(=O)c2cccnc2)C1. The van der Waals surface area contributed by atoms with E-state index in [1.54, 1.807) is 30.5 Å². The summed E-state index contributed by atoms with van der Waals surface area (Å²) in [6, 6.07) is 8.69. The Bertz CT molecular complexity index is 976. The third-order valence-electron chi connectivity index (χ3n) is 6.50. The number of pyridine rings is 1. The smallest absolute Gasteiger partial charge is 0.348 e. The van der Waals surface area contributed by atoms with E-state index in [4.69, 9.17) is 18.9 Å². The van der Waals surface area contributed by atoms with Crippen LogP contribution in [0.4, 0.5) is 0 Å². The summed E-state index contributed by atoms with van der Waals surface area (Å²) in [7, 11) is 0. The number of carbonyl (C=O) groups excluding carboxylic acids is 2. The normalized spacial score (nSPS) is 22.6. The predicted molar refractivity (Wildman–Crippen MR) is 121 cm³/mol. The fourth-order valence-corrected chi connectivity index (χ4v) is 4.61. The molecule has 4 rings (SSSR count). The maximum Gasteiger partial charge on any atom is 0.348 e. The zero-order chi connectivity index (χ0) is 23.4. The van der Waals surface area contributed by atoms with Crippen LogP contribution in [0.5, 0.6) is 11.5 Å². The molecule has 2 aromatic rings. The van der Waals surface area contributed by atoms with Gasteiger partial charge < -0.3 is 18.9 Å². The number of benzene rings is 1. The molecule has 4 atom stereocenters. The van der Waals surface area contributed by atoms with Gasteiger partial charge in [-0.25, -0.2) is 9.59 Å². The van der Waals surface area contributed by atoms with Crippen molar-refractivity contribution >= 4 is 11.9 Å². The lowest BCUT2D eigenvalue weighted by Crippen LogP contribution is -2.40. The molecular formula is C26H31NO6. The van der Waals surface area contributed by atoms with E-state index in [2.05, 4.69) is 25.8 Å². The van der Waals surface area contributed by atoms with E-state index in [-0.39, 0.29) is 24.9 Å². The van der Waals surface area contributed by atoms with Gasteiger partial charge in [-0.1, -0.05) is 33.3 Å².